The van der Waals surface area contributed by atoms with Gasteiger partial charge < -0.3 is 9.52 Å². The largest absolute Gasteiger partial charge is 0.467 e. The minimum atomic E-state index is -0.00694. The fraction of sp³-hybridized carbons (Fsp3) is 0.200. The lowest BCUT2D eigenvalue weighted by molar-refractivity contribution is 0.247. The molecule has 0 aromatic carbocycles. The van der Waals surface area contributed by atoms with E-state index in [2.05, 4.69) is 0 Å². The van der Waals surface area contributed by atoms with Crippen molar-refractivity contribution in [2.24, 2.45) is 0 Å². The molecule has 0 bridgehead atoms. The zero-order valence-corrected chi connectivity index (χ0v) is 3.79. The second-order valence-corrected chi connectivity index (χ2v) is 1.24. The van der Waals surface area contributed by atoms with E-state index in [1.54, 1.807) is 12.1 Å². The van der Waals surface area contributed by atoms with Crippen LogP contribution in [0.2, 0.25) is 0 Å². The fourth-order valence-corrected chi connectivity index (χ4v) is 0.403. The molecule has 3 heteroatoms. The third kappa shape index (κ3) is 1.52. The topological polar surface area (TPSA) is 33.4 Å². The van der Waals surface area contributed by atoms with E-state index in [-0.39, 0.29) is 17.6 Å². The summed E-state index contributed by atoms with van der Waals surface area (Å²) in [5.74, 6) is 0.611. The normalized spacial score (nSPS) is 8.12. The van der Waals surface area contributed by atoms with Crippen LogP contribution in [0.3, 0.4) is 0 Å². The summed E-state index contributed by atoms with van der Waals surface area (Å²) in [5.41, 5.74) is 0. The SMILES string of the molecule is OCc1ccco1.[SiH4]. The van der Waals surface area contributed by atoms with Gasteiger partial charge in [0.2, 0.25) is 0 Å². The van der Waals surface area contributed by atoms with Gasteiger partial charge in [-0.25, -0.2) is 0 Å². The number of rotatable bonds is 1. The van der Waals surface area contributed by atoms with Crippen molar-refractivity contribution in [3.63, 3.8) is 0 Å². The Hall–Kier alpha value is -0.543. The molecule has 1 aromatic rings. The summed E-state index contributed by atoms with van der Waals surface area (Å²) in [7, 11) is 0. The van der Waals surface area contributed by atoms with Crippen LogP contribution < -0.4 is 0 Å². The molecule has 0 amide bonds. The van der Waals surface area contributed by atoms with Crippen LogP contribution in [0.1, 0.15) is 5.76 Å². The first-order valence-electron chi connectivity index (χ1n) is 2.06. The van der Waals surface area contributed by atoms with Crippen LogP contribution in [0.4, 0.5) is 0 Å². The highest BCUT2D eigenvalue weighted by molar-refractivity contribution is 5.75. The summed E-state index contributed by atoms with van der Waals surface area (Å²) in [6, 6.07) is 3.46. The summed E-state index contributed by atoms with van der Waals surface area (Å²) < 4.78 is 4.73. The molecule has 0 radical (unpaired) electrons. The zero-order valence-electron chi connectivity index (χ0n) is 3.79. The predicted molar refractivity (Wildman–Crippen MR) is 36.0 cm³/mol. The molecule has 0 aliphatic heterocycles. The van der Waals surface area contributed by atoms with Crippen molar-refractivity contribution in [2.75, 3.05) is 0 Å². The van der Waals surface area contributed by atoms with Crippen molar-refractivity contribution >= 4 is 11.0 Å². The molecule has 1 heterocycles. The average molecular weight is 130 g/mol. The lowest BCUT2D eigenvalue weighted by Crippen LogP contribution is -1.72. The van der Waals surface area contributed by atoms with Crippen LogP contribution in [0.25, 0.3) is 0 Å². The molecule has 0 aliphatic carbocycles. The van der Waals surface area contributed by atoms with E-state index in [4.69, 9.17) is 9.52 Å². The Kier molecular flexibility index (Phi) is 3.22. The minimum absolute atomic E-state index is 0. The highest BCUT2D eigenvalue weighted by Gasteiger charge is 1.85. The van der Waals surface area contributed by atoms with Gasteiger partial charge in [0, 0.05) is 0 Å². The third-order valence-electron chi connectivity index (χ3n) is 0.736. The van der Waals surface area contributed by atoms with E-state index >= 15 is 0 Å². The second kappa shape index (κ2) is 3.46. The molecule has 0 aliphatic rings. The van der Waals surface area contributed by atoms with E-state index in [1.807, 2.05) is 0 Å². The minimum Gasteiger partial charge on any atom is -0.467 e. The summed E-state index contributed by atoms with van der Waals surface area (Å²) in [6.45, 7) is -0.00694. The van der Waals surface area contributed by atoms with Crippen molar-refractivity contribution in [3.8, 4) is 0 Å². The van der Waals surface area contributed by atoms with Crippen LogP contribution in [0.15, 0.2) is 22.8 Å². The van der Waals surface area contributed by atoms with Gasteiger partial charge in [-0.05, 0) is 23.1 Å². The molecule has 1 N–H and O–H groups in total. The van der Waals surface area contributed by atoms with Gasteiger partial charge in [0.15, 0.2) is 0 Å². The summed E-state index contributed by atoms with van der Waals surface area (Å²) in [6.07, 6.45) is 1.53. The van der Waals surface area contributed by atoms with Gasteiger partial charge in [-0.2, -0.15) is 0 Å². The molecule has 1 rings (SSSR count). The zero-order chi connectivity index (χ0) is 5.11. The van der Waals surface area contributed by atoms with Crippen LogP contribution >= 0.6 is 0 Å². The molecule has 2 nitrogen and oxygen atoms in total. The quantitative estimate of drug-likeness (QED) is 0.511. The predicted octanol–water partition coefficient (Wildman–Crippen LogP) is -0.680. The number of hydrogen-bond acceptors (Lipinski definition) is 2. The monoisotopic (exact) mass is 130 g/mol. The number of aliphatic hydroxyl groups is 1. The Morgan fingerprint density at radius 1 is 1.62 bits per heavy atom. The maximum atomic E-state index is 8.33. The molecule has 46 valence electrons. The van der Waals surface area contributed by atoms with E-state index < -0.39 is 0 Å². The van der Waals surface area contributed by atoms with Crippen LogP contribution in [0.5, 0.6) is 0 Å². The van der Waals surface area contributed by atoms with Gasteiger partial charge in [0.25, 0.3) is 0 Å². The van der Waals surface area contributed by atoms with Crippen molar-refractivity contribution in [2.45, 2.75) is 6.61 Å². The smallest absolute Gasteiger partial charge is 0.129 e. The summed E-state index contributed by atoms with van der Waals surface area (Å²) in [4.78, 5) is 0. The van der Waals surface area contributed by atoms with Crippen molar-refractivity contribution in [1.82, 2.24) is 0 Å². The Balaban J connectivity index is 0.000000490. The number of hydrogen-bond donors (Lipinski definition) is 1. The lowest BCUT2D eigenvalue weighted by Gasteiger charge is -1.79. The van der Waals surface area contributed by atoms with Crippen LogP contribution in [0, 0.1) is 0 Å². The van der Waals surface area contributed by atoms with Gasteiger partial charge in [-0.3, -0.25) is 0 Å². The molecule has 8 heavy (non-hydrogen) atoms. The van der Waals surface area contributed by atoms with Gasteiger partial charge >= 0.3 is 0 Å². The highest BCUT2D eigenvalue weighted by Crippen LogP contribution is 1.96. The van der Waals surface area contributed by atoms with Crippen LogP contribution in [-0.4, -0.2) is 16.1 Å². The van der Waals surface area contributed by atoms with E-state index in [1.165, 1.54) is 6.26 Å². The molecular formula is C5H10O2Si. The molecule has 0 unspecified atom stereocenters. The molecule has 1 aromatic heterocycles. The maximum absolute atomic E-state index is 8.33. The molecule has 0 saturated heterocycles. The molecule has 0 spiro atoms. The van der Waals surface area contributed by atoms with Crippen LogP contribution in [-0.2, 0) is 6.61 Å². The fourth-order valence-electron chi connectivity index (χ4n) is 0.403. The van der Waals surface area contributed by atoms with Gasteiger partial charge in [0.05, 0.1) is 6.26 Å². The molecular weight excluding hydrogens is 120 g/mol. The van der Waals surface area contributed by atoms with Crippen molar-refractivity contribution in [1.29, 1.82) is 0 Å². The van der Waals surface area contributed by atoms with Gasteiger partial charge in [-0.15, -0.1) is 0 Å². The van der Waals surface area contributed by atoms with Crippen molar-refractivity contribution in [3.05, 3.63) is 24.2 Å². The highest BCUT2D eigenvalue weighted by atomic mass is 28.1. The van der Waals surface area contributed by atoms with Crippen molar-refractivity contribution < 1.29 is 9.52 Å². The molecule has 0 saturated carbocycles. The molecule has 0 atom stereocenters. The third-order valence-corrected chi connectivity index (χ3v) is 0.736. The summed E-state index contributed by atoms with van der Waals surface area (Å²) >= 11 is 0. The summed E-state index contributed by atoms with van der Waals surface area (Å²) in [5, 5.41) is 8.33. The first-order valence-corrected chi connectivity index (χ1v) is 2.06. The van der Waals surface area contributed by atoms with E-state index in [0.29, 0.717) is 5.76 Å². The van der Waals surface area contributed by atoms with Gasteiger partial charge in [-0.1, -0.05) is 0 Å². The Morgan fingerprint density at radius 2 is 2.38 bits per heavy atom. The Bertz CT molecular complexity index is 125. The Morgan fingerprint density at radius 3 is 2.62 bits per heavy atom. The first-order chi connectivity index (χ1) is 3.43. The standard InChI is InChI=1S/C5H6O2.H4Si/c6-4-5-2-1-3-7-5;/h1-3,6H,4H2;1H4. The average Bonchev–Trinajstić information content (AvgIpc) is 2.14. The number of aliphatic hydroxyl groups excluding tert-OH is 1. The Labute approximate surface area is 52.2 Å². The van der Waals surface area contributed by atoms with E-state index in [0.717, 1.165) is 0 Å². The van der Waals surface area contributed by atoms with Gasteiger partial charge in [0.1, 0.15) is 12.4 Å². The molecule has 0 fully saturated rings. The first kappa shape index (κ1) is 7.46. The lowest BCUT2D eigenvalue weighted by atomic mass is 10.5. The van der Waals surface area contributed by atoms with E-state index in [9.17, 15) is 0 Å². The second-order valence-electron chi connectivity index (χ2n) is 1.24. The maximum Gasteiger partial charge on any atom is 0.129 e. The number of furan rings is 1.